The molecule has 0 unspecified atom stereocenters. The van der Waals surface area contributed by atoms with Gasteiger partial charge in [0.05, 0.1) is 23.9 Å². The molecule has 0 saturated carbocycles. The van der Waals surface area contributed by atoms with Crippen LogP contribution in [0.3, 0.4) is 0 Å². The van der Waals surface area contributed by atoms with Gasteiger partial charge in [0, 0.05) is 5.69 Å². The van der Waals surface area contributed by atoms with Crippen LogP contribution in [0.5, 0.6) is 0 Å². The van der Waals surface area contributed by atoms with Crippen LogP contribution < -0.4 is 15.5 Å². The lowest BCUT2D eigenvalue weighted by molar-refractivity contribution is -0.137. The zero-order valence-corrected chi connectivity index (χ0v) is 19.3. The lowest BCUT2D eigenvalue weighted by Gasteiger charge is -2.34. The van der Waals surface area contributed by atoms with Gasteiger partial charge >= 0.3 is 0 Å². The highest BCUT2D eigenvalue weighted by molar-refractivity contribution is 8.03. The van der Waals surface area contributed by atoms with Crippen LogP contribution in [0.2, 0.25) is 0 Å². The molecule has 8 heteroatoms. The summed E-state index contributed by atoms with van der Waals surface area (Å²) in [6, 6.07) is 26.9. The second-order valence-electron chi connectivity index (χ2n) is 8.94. The Kier molecular flexibility index (Phi) is 4.82. The largest absolute Gasteiger partial charge is 0.336 e. The van der Waals surface area contributed by atoms with Crippen molar-refractivity contribution in [1.82, 2.24) is 5.32 Å². The molecule has 3 saturated heterocycles. The fourth-order valence-electron chi connectivity index (χ4n) is 5.55. The topological polar surface area (TPSA) is 95.6 Å². The smallest absolute Gasteiger partial charge is 0.241 e. The minimum atomic E-state index is -1.41. The third-order valence-corrected chi connectivity index (χ3v) is 8.83. The molecule has 0 radical (unpaired) electrons. The number of piperidine rings is 1. The van der Waals surface area contributed by atoms with E-state index in [1.165, 1.54) is 16.7 Å². The molecule has 6 rings (SSSR count). The molecule has 0 spiro atoms. The molecule has 4 amide bonds. The monoisotopic (exact) mass is 483 g/mol. The molecule has 2 bridgehead atoms. The van der Waals surface area contributed by atoms with Crippen molar-refractivity contribution < 1.29 is 19.2 Å². The summed E-state index contributed by atoms with van der Waals surface area (Å²) >= 11 is 1.23. The minimum absolute atomic E-state index is 0.226. The minimum Gasteiger partial charge on any atom is -0.336 e. The first-order chi connectivity index (χ1) is 17.0. The van der Waals surface area contributed by atoms with E-state index in [2.05, 4.69) is 10.6 Å². The molecule has 3 aliphatic rings. The van der Waals surface area contributed by atoms with E-state index < -0.39 is 33.3 Å². The van der Waals surface area contributed by atoms with Gasteiger partial charge in [-0.1, -0.05) is 66.7 Å². The fraction of sp³-hybridized carbons (Fsp3) is 0.185. The van der Waals surface area contributed by atoms with Gasteiger partial charge in [0.25, 0.3) is 0 Å². The van der Waals surface area contributed by atoms with Crippen molar-refractivity contribution in [2.75, 3.05) is 10.2 Å². The van der Waals surface area contributed by atoms with Crippen molar-refractivity contribution in [3.05, 3.63) is 96.6 Å². The van der Waals surface area contributed by atoms with Crippen LogP contribution in [0.25, 0.3) is 0 Å². The summed E-state index contributed by atoms with van der Waals surface area (Å²) in [6.07, 6.45) is -0.226. The quantitative estimate of drug-likeness (QED) is 0.543. The molecule has 2 N–H and O–H groups in total. The van der Waals surface area contributed by atoms with Crippen LogP contribution in [0, 0.1) is 11.8 Å². The Bertz CT molecular complexity index is 1350. The van der Waals surface area contributed by atoms with E-state index in [0.717, 1.165) is 5.56 Å². The molecule has 35 heavy (non-hydrogen) atoms. The van der Waals surface area contributed by atoms with Gasteiger partial charge in [0.2, 0.25) is 23.6 Å². The molecule has 3 aliphatic heterocycles. The fourth-order valence-corrected chi connectivity index (χ4v) is 7.60. The molecule has 3 fully saturated rings. The number of imide groups is 1. The van der Waals surface area contributed by atoms with Crippen molar-refractivity contribution in [2.45, 2.75) is 16.0 Å². The zero-order valence-electron chi connectivity index (χ0n) is 18.5. The standard InChI is InChI=1S/C27H21N3O4S/c31-20(28-18-12-6-2-7-13-18)16-26-21-22(24(33)30(23(21)32)19-14-8-3-9-15-19)27(35-26,29-25(26)34)17-10-4-1-5-11-17/h1-15,21-22H,16H2,(H,28,31)(H,29,34)/t21-,22+,26-,27+/m0/s1. The number of nitrogens with zero attached hydrogens (tertiary/aromatic N) is 1. The summed E-state index contributed by atoms with van der Waals surface area (Å²) in [5, 5.41) is 5.86. The van der Waals surface area contributed by atoms with Crippen LogP contribution in [-0.2, 0) is 24.0 Å². The highest BCUT2D eigenvalue weighted by Crippen LogP contribution is 2.69. The van der Waals surface area contributed by atoms with Crippen LogP contribution in [0.1, 0.15) is 12.0 Å². The van der Waals surface area contributed by atoms with Gasteiger partial charge < -0.3 is 10.6 Å². The number of hydrogen-bond acceptors (Lipinski definition) is 5. The maximum atomic E-state index is 13.8. The Hall–Kier alpha value is -3.91. The molecule has 3 aromatic rings. The number of rotatable bonds is 5. The van der Waals surface area contributed by atoms with Gasteiger partial charge in [0.15, 0.2) is 0 Å². The second-order valence-corrected chi connectivity index (χ2v) is 10.5. The number of para-hydroxylation sites is 2. The highest BCUT2D eigenvalue weighted by Gasteiger charge is 2.79. The number of carbonyl (C=O) groups is 4. The molecule has 4 atom stereocenters. The van der Waals surface area contributed by atoms with Gasteiger partial charge in [-0.2, -0.15) is 0 Å². The maximum Gasteiger partial charge on any atom is 0.241 e. The van der Waals surface area contributed by atoms with Crippen LogP contribution in [0.4, 0.5) is 11.4 Å². The number of carbonyl (C=O) groups excluding carboxylic acids is 4. The summed E-state index contributed by atoms with van der Waals surface area (Å²) in [5.74, 6) is -3.39. The van der Waals surface area contributed by atoms with Crippen molar-refractivity contribution >= 4 is 46.8 Å². The molecule has 3 heterocycles. The number of thioether (sulfide) groups is 1. The van der Waals surface area contributed by atoms with Gasteiger partial charge in [-0.25, -0.2) is 4.90 Å². The molecule has 0 aromatic heterocycles. The third kappa shape index (κ3) is 3.06. The molecular formula is C27H21N3O4S. The Morgan fingerprint density at radius 2 is 1.40 bits per heavy atom. The van der Waals surface area contributed by atoms with Gasteiger partial charge in [-0.05, 0) is 29.8 Å². The number of fused-ring (bicyclic) bond motifs is 5. The van der Waals surface area contributed by atoms with Crippen LogP contribution in [0.15, 0.2) is 91.0 Å². The number of hydrogen-bond donors (Lipinski definition) is 2. The molecule has 174 valence electrons. The first-order valence-electron chi connectivity index (χ1n) is 11.3. The van der Waals surface area contributed by atoms with Gasteiger partial charge in [0.1, 0.15) is 9.62 Å². The first kappa shape index (κ1) is 21.6. The van der Waals surface area contributed by atoms with Crippen molar-refractivity contribution in [3.8, 4) is 0 Å². The summed E-state index contributed by atoms with van der Waals surface area (Å²) < 4.78 is -1.41. The Balaban J connectivity index is 1.45. The van der Waals surface area contributed by atoms with E-state index in [0.29, 0.717) is 11.4 Å². The zero-order chi connectivity index (χ0) is 24.2. The predicted molar refractivity (Wildman–Crippen MR) is 132 cm³/mol. The summed E-state index contributed by atoms with van der Waals surface area (Å²) in [6.45, 7) is 0. The average Bonchev–Trinajstić information content (AvgIpc) is 3.44. The lowest BCUT2D eigenvalue weighted by Crippen LogP contribution is -2.57. The van der Waals surface area contributed by atoms with E-state index in [4.69, 9.17) is 0 Å². The Morgan fingerprint density at radius 1 is 0.829 bits per heavy atom. The van der Waals surface area contributed by atoms with E-state index in [1.54, 1.807) is 54.6 Å². The number of amides is 4. The molecular weight excluding hydrogens is 462 g/mol. The summed E-state index contributed by atoms with van der Waals surface area (Å²) in [7, 11) is 0. The Labute approximate surface area is 205 Å². The number of anilines is 2. The van der Waals surface area contributed by atoms with Crippen molar-refractivity contribution in [3.63, 3.8) is 0 Å². The number of nitrogens with one attached hydrogen (secondary N) is 2. The van der Waals surface area contributed by atoms with Crippen molar-refractivity contribution in [2.24, 2.45) is 11.8 Å². The van der Waals surface area contributed by atoms with E-state index >= 15 is 0 Å². The summed E-state index contributed by atoms with van der Waals surface area (Å²) in [4.78, 5) is 54.4. The van der Waals surface area contributed by atoms with E-state index in [1.807, 2.05) is 36.4 Å². The van der Waals surface area contributed by atoms with E-state index in [-0.39, 0.29) is 18.2 Å². The van der Waals surface area contributed by atoms with Gasteiger partial charge in [-0.3, -0.25) is 19.2 Å². The van der Waals surface area contributed by atoms with Crippen LogP contribution in [-0.4, -0.2) is 28.4 Å². The predicted octanol–water partition coefficient (Wildman–Crippen LogP) is 3.29. The highest BCUT2D eigenvalue weighted by atomic mass is 32.2. The first-order valence-corrected chi connectivity index (χ1v) is 12.1. The lowest BCUT2D eigenvalue weighted by atomic mass is 9.72. The number of benzene rings is 3. The van der Waals surface area contributed by atoms with Crippen LogP contribution >= 0.6 is 11.8 Å². The third-order valence-electron chi connectivity index (χ3n) is 6.97. The molecule has 7 nitrogen and oxygen atoms in total. The van der Waals surface area contributed by atoms with Crippen molar-refractivity contribution in [1.29, 1.82) is 0 Å². The average molecular weight is 484 g/mol. The Morgan fingerprint density at radius 3 is 2.06 bits per heavy atom. The molecule has 0 aliphatic carbocycles. The molecule has 3 aromatic carbocycles. The van der Waals surface area contributed by atoms with Gasteiger partial charge in [-0.15, -0.1) is 11.8 Å². The maximum absolute atomic E-state index is 13.8. The summed E-state index contributed by atoms with van der Waals surface area (Å²) in [5.41, 5.74) is 1.79. The second kappa shape index (κ2) is 7.81. The SMILES string of the molecule is O=C(C[C@@]12S[C@@](c3ccccc3)(NC1=O)[C@H]1C(=O)N(c3ccccc3)C(=O)[C@H]12)Nc1ccccc1. The normalized spacial score (nSPS) is 28.7. The van der Waals surface area contributed by atoms with E-state index in [9.17, 15) is 19.2 Å².